The van der Waals surface area contributed by atoms with Crippen molar-refractivity contribution >= 4 is 32.7 Å². The van der Waals surface area contributed by atoms with Crippen molar-refractivity contribution in [3.63, 3.8) is 0 Å². The van der Waals surface area contributed by atoms with Crippen molar-refractivity contribution in [1.82, 2.24) is 14.9 Å². The van der Waals surface area contributed by atoms with Gasteiger partial charge in [-0.25, -0.2) is 9.97 Å². The van der Waals surface area contributed by atoms with Gasteiger partial charge < -0.3 is 14.2 Å². The van der Waals surface area contributed by atoms with Gasteiger partial charge in [0.1, 0.15) is 28.8 Å². The summed E-state index contributed by atoms with van der Waals surface area (Å²) in [4.78, 5) is 13.8. The molecular formula is C20H29N3O2S2. The van der Waals surface area contributed by atoms with E-state index in [2.05, 4.69) is 29.0 Å². The van der Waals surface area contributed by atoms with Gasteiger partial charge in [-0.05, 0) is 65.1 Å². The largest absolute Gasteiger partial charge is 0.616 e. The third-order valence-corrected chi connectivity index (χ3v) is 8.65. The number of ether oxygens (including phenoxy) is 1. The van der Waals surface area contributed by atoms with Crippen LogP contribution in [-0.4, -0.2) is 57.2 Å². The lowest BCUT2D eigenvalue weighted by atomic mass is 9.92. The molecule has 2 aliphatic rings. The van der Waals surface area contributed by atoms with Gasteiger partial charge in [-0.2, -0.15) is 0 Å². The SMILES string of the molecule is CC[S@+]([O-])C[C@@H]1CCc2sc3ncnc(O[C@H]4CC[C@H](N(C)C)CC4)c3c21. The number of hydrogen-bond donors (Lipinski definition) is 0. The molecule has 2 aliphatic carbocycles. The molecule has 0 amide bonds. The normalized spacial score (nSPS) is 26.5. The number of nitrogens with zero attached hydrogens (tertiary/aromatic N) is 3. The highest BCUT2D eigenvalue weighted by Crippen LogP contribution is 2.46. The maximum Gasteiger partial charge on any atom is 0.225 e. The molecule has 0 spiro atoms. The van der Waals surface area contributed by atoms with Crippen LogP contribution in [0.25, 0.3) is 10.2 Å². The molecule has 4 rings (SSSR count). The molecule has 0 aromatic carbocycles. The zero-order valence-corrected chi connectivity index (χ0v) is 18.1. The van der Waals surface area contributed by atoms with Gasteiger partial charge in [0.2, 0.25) is 5.88 Å². The highest BCUT2D eigenvalue weighted by Gasteiger charge is 2.33. The second-order valence-electron chi connectivity index (χ2n) is 7.94. The fourth-order valence-corrected chi connectivity index (χ4v) is 6.72. The monoisotopic (exact) mass is 407 g/mol. The first-order valence-electron chi connectivity index (χ1n) is 10.0. The van der Waals surface area contributed by atoms with Crippen LogP contribution in [0.5, 0.6) is 5.88 Å². The van der Waals surface area contributed by atoms with E-state index < -0.39 is 11.2 Å². The Labute approximate surface area is 168 Å². The number of aromatic nitrogens is 2. The molecule has 2 heterocycles. The Kier molecular flexibility index (Phi) is 5.92. The molecule has 2 atom stereocenters. The van der Waals surface area contributed by atoms with Gasteiger partial charge in [-0.1, -0.05) is 11.2 Å². The van der Waals surface area contributed by atoms with Gasteiger partial charge in [0, 0.05) is 16.8 Å². The molecule has 2 aromatic heterocycles. The van der Waals surface area contributed by atoms with Crippen LogP contribution < -0.4 is 4.74 Å². The van der Waals surface area contributed by atoms with Crippen LogP contribution in [0.1, 0.15) is 55.4 Å². The summed E-state index contributed by atoms with van der Waals surface area (Å²) in [6.07, 6.45) is 8.51. The number of fused-ring (bicyclic) bond motifs is 3. The summed E-state index contributed by atoms with van der Waals surface area (Å²) in [5, 5.41) is 1.10. The highest BCUT2D eigenvalue weighted by molar-refractivity contribution is 7.91. The smallest absolute Gasteiger partial charge is 0.225 e. The van der Waals surface area contributed by atoms with Gasteiger partial charge in [0.25, 0.3) is 0 Å². The summed E-state index contributed by atoms with van der Waals surface area (Å²) in [5.41, 5.74) is 1.33. The quantitative estimate of drug-likeness (QED) is 0.683. The zero-order valence-electron chi connectivity index (χ0n) is 16.4. The van der Waals surface area contributed by atoms with Gasteiger partial charge in [-0.15, -0.1) is 11.3 Å². The van der Waals surface area contributed by atoms with Crippen molar-refractivity contribution in [2.45, 2.75) is 63.5 Å². The van der Waals surface area contributed by atoms with E-state index in [0.29, 0.717) is 12.0 Å². The fraction of sp³-hybridized carbons (Fsp3) is 0.700. The Balaban J connectivity index is 1.57. The van der Waals surface area contributed by atoms with E-state index in [1.54, 1.807) is 17.7 Å². The number of thiophene rings is 1. The zero-order chi connectivity index (χ0) is 19.0. The van der Waals surface area contributed by atoms with Gasteiger partial charge in [0.05, 0.1) is 5.39 Å². The summed E-state index contributed by atoms with van der Waals surface area (Å²) >= 11 is 1.01. The number of aryl methyl sites for hydroxylation is 1. The van der Waals surface area contributed by atoms with Crippen LogP contribution in [0.4, 0.5) is 0 Å². The molecule has 0 unspecified atom stereocenters. The van der Waals surface area contributed by atoms with Crippen LogP contribution in [0.3, 0.4) is 0 Å². The van der Waals surface area contributed by atoms with Crippen molar-refractivity contribution in [1.29, 1.82) is 0 Å². The standard InChI is InChI=1S/C20H29N3O2S2/c1-4-27(24)11-13-5-10-16-17(13)18-19(21-12-22-20(18)26-16)25-15-8-6-14(7-9-15)23(2)3/h12-15H,4-11H2,1-3H3/t13-,14-,15-,27-/m0/s1. The highest BCUT2D eigenvalue weighted by atomic mass is 32.2. The second-order valence-corrected chi connectivity index (χ2v) is 10.8. The predicted octanol–water partition coefficient (Wildman–Crippen LogP) is 3.74. The summed E-state index contributed by atoms with van der Waals surface area (Å²) in [7, 11) is 4.32. The lowest BCUT2D eigenvalue weighted by molar-refractivity contribution is 0.108. The minimum absolute atomic E-state index is 0.236. The Hall–Kier alpha value is -0.890. The maximum absolute atomic E-state index is 12.2. The molecule has 1 fully saturated rings. The van der Waals surface area contributed by atoms with Crippen LogP contribution in [0.15, 0.2) is 6.33 Å². The summed E-state index contributed by atoms with van der Waals surface area (Å²) < 4.78 is 18.6. The van der Waals surface area contributed by atoms with Crippen molar-refractivity contribution in [2.24, 2.45) is 0 Å². The number of rotatable bonds is 6. The van der Waals surface area contributed by atoms with Gasteiger partial charge >= 0.3 is 0 Å². The lowest BCUT2D eigenvalue weighted by Crippen LogP contribution is -2.35. The average Bonchev–Trinajstić information content (AvgIpc) is 3.22. The molecule has 0 N–H and O–H groups in total. The molecule has 7 heteroatoms. The molecule has 0 radical (unpaired) electrons. The van der Waals surface area contributed by atoms with Crippen LogP contribution in [-0.2, 0) is 17.6 Å². The predicted molar refractivity (Wildman–Crippen MR) is 112 cm³/mol. The lowest BCUT2D eigenvalue weighted by Gasteiger charge is -2.32. The van der Waals surface area contributed by atoms with Crippen molar-refractivity contribution < 1.29 is 9.29 Å². The van der Waals surface area contributed by atoms with E-state index in [-0.39, 0.29) is 6.10 Å². The van der Waals surface area contributed by atoms with E-state index in [9.17, 15) is 4.55 Å². The molecule has 0 aliphatic heterocycles. The molecule has 27 heavy (non-hydrogen) atoms. The van der Waals surface area contributed by atoms with Crippen LogP contribution in [0.2, 0.25) is 0 Å². The summed E-state index contributed by atoms with van der Waals surface area (Å²) in [5.74, 6) is 2.58. The van der Waals surface area contributed by atoms with E-state index in [0.717, 1.165) is 53.3 Å². The molecule has 5 nitrogen and oxygen atoms in total. The van der Waals surface area contributed by atoms with Crippen molar-refractivity contribution in [3.8, 4) is 5.88 Å². The molecule has 0 saturated heterocycles. The minimum atomic E-state index is -0.754. The maximum atomic E-state index is 12.2. The van der Waals surface area contributed by atoms with Crippen LogP contribution >= 0.6 is 11.3 Å². The van der Waals surface area contributed by atoms with Crippen molar-refractivity contribution in [2.75, 3.05) is 25.6 Å². The summed E-state index contributed by atoms with van der Waals surface area (Å²) in [6, 6.07) is 0.661. The Morgan fingerprint density at radius 2 is 2.00 bits per heavy atom. The Morgan fingerprint density at radius 3 is 2.70 bits per heavy atom. The van der Waals surface area contributed by atoms with Gasteiger partial charge in [0.15, 0.2) is 0 Å². The van der Waals surface area contributed by atoms with Crippen molar-refractivity contribution in [3.05, 3.63) is 16.8 Å². The minimum Gasteiger partial charge on any atom is -0.616 e. The van der Waals surface area contributed by atoms with E-state index >= 15 is 0 Å². The first kappa shape index (κ1) is 19.4. The Morgan fingerprint density at radius 1 is 1.22 bits per heavy atom. The topological polar surface area (TPSA) is 61.3 Å². The van der Waals surface area contributed by atoms with E-state index in [1.807, 2.05) is 6.92 Å². The average molecular weight is 408 g/mol. The summed E-state index contributed by atoms with van der Waals surface area (Å²) in [6.45, 7) is 2.00. The molecule has 2 aromatic rings. The molecular weight excluding hydrogens is 378 g/mol. The number of hydrogen-bond acceptors (Lipinski definition) is 6. The van der Waals surface area contributed by atoms with Gasteiger partial charge in [-0.3, -0.25) is 0 Å². The molecule has 0 bridgehead atoms. The fourth-order valence-electron chi connectivity index (χ4n) is 4.48. The van der Waals surface area contributed by atoms with E-state index in [1.165, 1.54) is 23.3 Å². The Bertz CT molecular complexity index is 787. The third-order valence-electron chi connectivity index (χ3n) is 6.06. The third kappa shape index (κ3) is 3.97. The first-order chi connectivity index (χ1) is 13.1. The van der Waals surface area contributed by atoms with Crippen LogP contribution in [0, 0.1) is 0 Å². The van der Waals surface area contributed by atoms with E-state index in [4.69, 9.17) is 4.74 Å². The molecule has 1 saturated carbocycles. The molecule has 148 valence electrons. The second kappa shape index (κ2) is 8.23. The first-order valence-corrected chi connectivity index (χ1v) is 12.3.